The van der Waals surface area contributed by atoms with Crippen LogP contribution < -0.4 is 10.1 Å². The summed E-state index contributed by atoms with van der Waals surface area (Å²) >= 11 is 5.79. The van der Waals surface area contributed by atoms with Gasteiger partial charge in [0.15, 0.2) is 5.11 Å². The number of pyridine rings is 1. The molecule has 3 heterocycles. The van der Waals surface area contributed by atoms with Crippen LogP contribution in [0.1, 0.15) is 29.0 Å². The van der Waals surface area contributed by atoms with E-state index in [2.05, 4.69) is 21.3 Å². The van der Waals surface area contributed by atoms with Gasteiger partial charge in [0.1, 0.15) is 11.6 Å². The van der Waals surface area contributed by atoms with Crippen molar-refractivity contribution in [2.45, 2.75) is 18.6 Å². The highest BCUT2D eigenvalue weighted by atomic mass is 32.1. The van der Waals surface area contributed by atoms with Crippen LogP contribution in [0.15, 0.2) is 91.3 Å². The molecule has 5 rings (SSSR count). The van der Waals surface area contributed by atoms with Crippen LogP contribution in [-0.4, -0.2) is 26.7 Å². The van der Waals surface area contributed by atoms with Crippen LogP contribution in [0.4, 0.5) is 4.39 Å². The predicted octanol–water partition coefficient (Wildman–Crippen LogP) is 5.19. The van der Waals surface area contributed by atoms with Gasteiger partial charge < -0.3 is 19.5 Å². The Bertz CT molecular complexity index is 1260. The van der Waals surface area contributed by atoms with E-state index in [0.717, 1.165) is 28.4 Å². The van der Waals surface area contributed by atoms with Crippen molar-refractivity contribution >= 4 is 17.3 Å². The molecule has 166 valence electrons. The lowest BCUT2D eigenvalue weighted by atomic mass is 10.0. The monoisotopic (exact) mass is 458 g/mol. The standard InChI is InChI=1S/C26H23FN4OS/c1-32-21-12-10-18(11-13-21)17-31-25(24(29-26(31)33)22-8-2-3-14-28-22)23-9-5-15-30(23)20-7-4-6-19(27)16-20/h2-16,24-25H,17H2,1H3,(H,29,33)/t24-,25-/m0/s1. The maximum absolute atomic E-state index is 14.0. The quantitative estimate of drug-likeness (QED) is 0.403. The molecular formula is C26H23FN4OS. The summed E-state index contributed by atoms with van der Waals surface area (Å²) in [5, 5.41) is 4.13. The van der Waals surface area contributed by atoms with Crippen molar-refractivity contribution in [1.82, 2.24) is 19.8 Å². The molecule has 5 nitrogen and oxygen atoms in total. The summed E-state index contributed by atoms with van der Waals surface area (Å²) in [6, 6.07) is 24.2. The molecule has 0 radical (unpaired) electrons. The van der Waals surface area contributed by atoms with Gasteiger partial charge >= 0.3 is 0 Å². The number of nitrogens with zero attached hydrogens (tertiary/aromatic N) is 3. The van der Waals surface area contributed by atoms with E-state index in [1.54, 1.807) is 19.4 Å². The first-order valence-electron chi connectivity index (χ1n) is 10.7. The number of hydrogen-bond acceptors (Lipinski definition) is 3. The van der Waals surface area contributed by atoms with Crippen LogP contribution in [0.2, 0.25) is 0 Å². The largest absolute Gasteiger partial charge is 0.497 e. The van der Waals surface area contributed by atoms with Gasteiger partial charge in [-0.1, -0.05) is 24.3 Å². The highest BCUT2D eigenvalue weighted by molar-refractivity contribution is 7.80. The SMILES string of the molecule is COc1ccc(CN2C(=S)N[C@@H](c3ccccn3)[C@@H]2c2cccn2-c2cccc(F)c2)cc1. The summed E-state index contributed by atoms with van der Waals surface area (Å²) in [4.78, 5) is 6.77. The molecule has 1 N–H and O–H groups in total. The molecule has 0 spiro atoms. The van der Waals surface area contributed by atoms with Crippen molar-refractivity contribution in [3.63, 3.8) is 0 Å². The highest BCUT2D eigenvalue weighted by Crippen LogP contribution is 2.40. The number of rotatable bonds is 6. The number of aromatic nitrogens is 2. The van der Waals surface area contributed by atoms with Crippen LogP contribution in [0.5, 0.6) is 5.75 Å². The summed E-state index contributed by atoms with van der Waals surface area (Å²) in [7, 11) is 1.66. The molecule has 4 aromatic rings. The number of nitrogens with one attached hydrogen (secondary N) is 1. The second-order valence-electron chi connectivity index (χ2n) is 7.89. The molecule has 2 atom stereocenters. The highest BCUT2D eigenvalue weighted by Gasteiger charge is 2.41. The molecule has 0 saturated carbocycles. The topological polar surface area (TPSA) is 42.3 Å². The zero-order valence-electron chi connectivity index (χ0n) is 18.1. The van der Waals surface area contributed by atoms with E-state index < -0.39 is 0 Å². The molecule has 1 saturated heterocycles. The van der Waals surface area contributed by atoms with E-state index in [4.69, 9.17) is 17.0 Å². The lowest BCUT2D eigenvalue weighted by molar-refractivity contribution is 0.302. The molecule has 0 aliphatic carbocycles. The molecule has 1 aliphatic rings. The Morgan fingerprint density at radius 1 is 1.03 bits per heavy atom. The van der Waals surface area contributed by atoms with Gasteiger partial charge in [-0.05, 0) is 72.4 Å². The third-order valence-electron chi connectivity index (χ3n) is 5.88. The van der Waals surface area contributed by atoms with Crippen LogP contribution in [0.3, 0.4) is 0 Å². The summed E-state index contributed by atoms with van der Waals surface area (Å²) in [5.74, 6) is 0.535. The van der Waals surface area contributed by atoms with Gasteiger partial charge in [-0.25, -0.2) is 4.39 Å². The van der Waals surface area contributed by atoms with Gasteiger partial charge in [-0.3, -0.25) is 4.98 Å². The van der Waals surface area contributed by atoms with Crippen LogP contribution in [0, 0.1) is 5.82 Å². The maximum atomic E-state index is 14.0. The molecule has 0 bridgehead atoms. The normalized spacial score (nSPS) is 17.8. The molecule has 1 fully saturated rings. The Morgan fingerprint density at radius 2 is 1.88 bits per heavy atom. The third-order valence-corrected chi connectivity index (χ3v) is 6.23. The number of benzene rings is 2. The molecular weight excluding hydrogens is 435 g/mol. The zero-order valence-corrected chi connectivity index (χ0v) is 18.9. The number of methoxy groups -OCH3 is 1. The molecule has 0 amide bonds. The minimum atomic E-state index is -0.274. The molecule has 1 aliphatic heterocycles. The van der Waals surface area contributed by atoms with Crippen molar-refractivity contribution < 1.29 is 9.13 Å². The fourth-order valence-corrected chi connectivity index (χ4v) is 4.63. The van der Waals surface area contributed by atoms with Gasteiger partial charge in [-0.2, -0.15) is 0 Å². The van der Waals surface area contributed by atoms with E-state index in [1.807, 2.05) is 65.4 Å². The number of thiocarbonyl (C=S) groups is 1. The number of ether oxygens (including phenoxy) is 1. The van der Waals surface area contributed by atoms with Gasteiger partial charge in [0, 0.05) is 30.3 Å². The third kappa shape index (κ3) is 4.19. The van der Waals surface area contributed by atoms with Crippen LogP contribution in [0.25, 0.3) is 5.69 Å². The molecule has 33 heavy (non-hydrogen) atoms. The summed E-state index contributed by atoms with van der Waals surface area (Å²) < 4.78 is 21.3. The lowest BCUT2D eigenvalue weighted by Crippen LogP contribution is -2.30. The first kappa shape index (κ1) is 21.2. The second-order valence-corrected chi connectivity index (χ2v) is 8.27. The van der Waals surface area contributed by atoms with E-state index in [9.17, 15) is 4.39 Å². The summed E-state index contributed by atoms with van der Waals surface area (Å²) in [6.45, 7) is 0.609. The fourth-order valence-electron chi connectivity index (χ4n) is 4.32. The van der Waals surface area contributed by atoms with Gasteiger partial charge in [-0.15, -0.1) is 0 Å². The van der Waals surface area contributed by atoms with E-state index in [1.165, 1.54) is 12.1 Å². The minimum absolute atomic E-state index is 0.146. The average Bonchev–Trinajstić information content (AvgIpc) is 3.45. The van der Waals surface area contributed by atoms with E-state index in [-0.39, 0.29) is 17.9 Å². The van der Waals surface area contributed by atoms with Crippen molar-refractivity contribution in [2.75, 3.05) is 7.11 Å². The minimum Gasteiger partial charge on any atom is -0.497 e. The summed E-state index contributed by atoms with van der Waals surface area (Å²) in [6.07, 6.45) is 3.74. The Labute approximate surface area is 197 Å². The van der Waals surface area contributed by atoms with Gasteiger partial charge in [0.05, 0.1) is 24.9 Å². The lowest BCUT2D eigenvalue weighted by Gasteiger charge is -2.29. The Kier molecular flexibility index (Phi) is 5.79. The van der Waals surface area contributed by atoms with E-state index in [0.29, 0.717) is 11.7 Å². The maximum Gasteiger partial charge on any atom is 0.170 e. The van der Waals surface area contributed by atoms with Gasteiger partial charge in [0.2, 0.25) is 0 Å². The molecule has 7 heteroatoms. The average molecular weight is 459 g/mol. The second kappa shape index (κ2) is 9.03. The molecule has 2 aromatic heterocycles. The van der Waals surface area contributed by atoms with Gasteiger partial charge in [0.25, 0.3) is 0 Å². The van der Waals surface area contributed by atoms with Crippen molar-refractivity contribution in [3.05, 3.63) is 114 Å². The Morgan fingerprint density at radius 3 is 2.61 bits per heavy atom. The fraction of sp³-hybridized carbons (Fsp3) is 0.154. The smallest absolute Gasteiger partial charge is 0.170 e. The number of hydrogen-bond donors (Lipinski definition) is 1. The first-order valence-corrected chi connectivity index (χ1v) is 11.1. The molecule has 0 unspecified atom stereocenters. The Hall–Kier alpha value is -3.71. The number of halogens is 1. The van der Waals surface area contributed by atoms with Crippen molar-refractivity contribution in [2.24, 2.45) is 0 Å². The predicted molar refractivity (Wildman–Crippen MR) is 130 cm³/mol. The van der Waals surface area contributed by atoms with Crippen molar-refractivity contribution in [3.8, 4) is 11.4 Å². The van der Waals surface area contributed by atoms with E-state index >= 15 is 0 Å². The zero-order chi connectivity index (χ0) is 22.8. The van der Waals surface area contributed by atoms with Crippen LogP contribution in [-0.2, 0) is 6.54 Å². The van der Waals surface area contributed by atoms with Crippen molar-refractivity contribution in [1.29, 1.82) is 0 Å². The first-order chi connectivity index (χ1) is 16.1. The van der Waals surface area contributed by atoms with Crippen LogP contribution >= 0.6 is 12.2 Å². The molecule has 2 aromatic carbocycles. The summed E-state index contributed by atoms with van der Waals surface area (Å²) in [5.41, 5.74) is 3.76. The Balaban J connectivity index is 1.58.